The van der Waals surface area contributed by atoms with Crippen LogP contribution >= 0.6 is 132 Å². The number of rotatable bonds is 5. The summed E-state index contributed by atoms with van der Waals surface area (Å²) in [6.45, 7) is 12.1. The van der Waals surface area contributed by atoms with E-state index in [0.29, 0.717) is 76.5 Å². The largest absolute Gasteiger partial charge is 2.00 e. The minimum atomic E-state index is -0.775. The van der Waals surface area contributed by atoms with Gasteiger partial charge >= 0.3 is 137 Å². The number of aliphatic hydroxyl groups is 1. The van der Waals surface area contributed by atoms with Crippen molar-refractivity contribution in [2.45, 2.75) is 101 Å². The van der Waals surface area contributed by atoms with Gasteiger partial charge in [0.2, 0.25) is 0 Å². The van der Waals surface area contributed by atoms with Gasteiger partial charge in [0.25, 0.3) is 23.6 Å². The average Bonchev–Trinajstić information content (AvgIpc) is 4.24. The van der Waals surface area contributed by atoms with Crippen LogP contribution in [0.5, 0.6) is 0 Å². The first kappa shape index (κ1) is 66.3. The minimum Gasteiger partial charge on any atom is 2.00 e. The molecule has 375 valence electrons. The Bertz CT molecular complexity index is 2140. The van der Waals surface area contributed by atoms with Crippen LogP contribution in [0.15, 0.2) is 106 Å². The number of hydrogen-bond donors (Lipinski definition) is 1. The molecule has 0 atom stereocenters. The molecule has 4 aromatic carbocycles. The minimum absolute atomic E-state index is 0. The fourth-order valence-corrected chi connectivity index (χ4v) is 9.60. The van der Waals surface area contributed by atoms with Gasteiger partial charge in [0, 0.05) is 34.6 Å². The molecule has 20 heteroatoms. The maximum absolute atomic E-state index is 13.1. The summed E-state index contributed by atoms with van der Waals surface area (Å²) in [5.74, 6) is -1.41. The fourth-order valence-electron chi connectivity index (χ4n) is 9.07. The van der Waals surface area contributed by atoms with Gasteiger partial charge in [-0.25, -0.2) is 12.8 Å². The van der Waals surface area contributed by atoms with Crippen molar-refractivity contribution in [1.29, 1.82) is 0 Å². The Morgan fingerprint density at radius 3 is 1.19 bits per heavy atom. The molecule has 0 radical (unpaired) electrons. The summed E-state index contributed by atoms with van der Waals surface area (Å²) in [7, 11) is 0.628. The zero-order chi connectivity index (χ0) is 49.9. The molecule has 9 nitrogen and oxygen atoms in total. The van der Waals surface area contributed by atoms with Crippen LogP contribution in [0.4, 0.5) is 0 Å². The normalized spacial score (nSPS) is 21.9. The number of carbonyl (C=O) groups is 4. The van der Waals surface area contributed by atoms with Crippen molar-refractivity contribution in [2.24, 2.45) is 5.92 Å². The predicted molar refractivity (Wildman–Crippen MR) is 317 cm³/mol. The molecule has 1 N–H and O–H groups in total. The molecule has 3 heterocycles. The van der Waals surface area contributed by atoms with Crippen molar-refractivity contribution < 1.29 is 65.1 Å². The van der Waals surface area contributed by atoms with Crippen molar-refractivity contribution in [3.05, 3.63) is 160 Å². The molecule has 4 amide bonds. The van der Waals surface area contributed by atoms with E-state index < -0.39 is 22.5 Å². The third kappa shape index (κ3) is 16.3. The second-order valence-electron chi connectivity index (χ2n) is 16.9. The Balaban J connectivity index is 0.000000278. The summed E-state index contributed by atoms with van der Waals surface area (Å²) in [5.41, 5.74) is 1.35. The van der Waals surface area contributed by atoms with Crippen LogP contribution in [-0.2, 0) is 34.9 Å². The summed E-state index contributed by atoms with van der Waals surface area (Å²) >= 11 is 19.0. The second-order valence-corrected chi connectivity index (χ2v) is 65.9. The van der Waals surface area contributed by atoms with E-state index in [-0.39, 0.29) is 68.6 Å². The summed E-state index contributed by atoms with van der Waals surface area (Å²) in [6, 6.07) is 29.4. The van der Waals surface area contributed by atoms with Gasteiger partial charge in [-0.2, -0.15) is 12.8 Å². The number of fused-ring (bicyclic) bond motifs is 2. The standard InChI is InChI=1S/C21H18BrNO3.C20H16BrNO4.C3H5.2C3H7.BrH.5HI.Mg.2V/c22-15-9-7-13(8-10-15)20(11-21(26,12-20)14-5-6-14)23-18(24)16-3-1-2-4-17(16)19(23)25;21-14-7-5-13(6-8-14)19(11-20(12-19)25-9-10-26-20)22-17(23)15-3-1-2-4-16(15)18(22)24;1-2-3-1;2*1-3-2;;;;;;;;;/h1-4,7-10,14,26H,5-6,11-12H2;1-8H,9-12H2;1H,2-3H2;2*1,3H2,2H3;6*1H;;;/q;;3*-1;;;;;;;2*+2;+3/p-6. The molecule has 4 aromatic rings. The predicted octanol–water partition coefficient (Wildman–Crippen LogP) is 11.8. The van der Waals surface area contributed by atoms with E-state index in [1.54, 1.807) is 48.5 Å². The Kier molecular flexibility index (Phi) is 29.4. The number of halogens is 8. The monoisotopic (exact) mass is 1790 g/mol. The molecule has 0 bridgehead atoms. The van der Waals surface area contributed by atoms with E-state index in [1.165, 1.54) is 22.6 Å². The molecular weight excluding hydrogens is 1740 g/mol. The van der Waals surface area contributed by atoms with Crippen molar-refractivity contribution in [3.8, 4) is 0 Å². The molecule has 4 saturated carbocycles. The van der Waals surface area contributed by atoms with Gasteiger partial charge < -0.3 is 51.8 Å². The third-order valence-electron chi connectivity index (χ3n) is 12.0. The van der Waals surface area contributed by atoms with E-state index in [2.05, 4.69) is 152 Å². The molecule has 7 aliphatic rings. The number of ether oxygens (including phenoxy) is 2. The van der Waals surface area contributed by atoms with Gasteiger partial charge in [0.15, 0.2) is 5.79 Å². The zero-order valence-electron chi connectivity index (χ0n) is 38.7. The first-order valence-corrected chi connectivity index (χ1v) is 46.2. The first-order valence-electron chi connectivity index (χ1n) is 22.1. The molecule has 0 unspecified atom stereocenters. The quantitative estimate of drug-likeness (QED) is 0.0916. The zero-order valence-corrected chi connectivity index (χ0v) is 58.5. The Morgan fingerprint density at radius 2 is 0.929 bits per heavy atom. The number of benzene rings is 4. The topological polar surface area (TPSA) is 113 Å². The maximum Gasteiger partial charge on any atom is 2.00 e. The van der Waals surface area contributed by atoms with Crippen LogP contribution in [0.25, 0.3) is 0 Å². The molecule has 3 aliphatic heterocycles. The van der Waals surface area contributed by atoms with Crippen molar-refractivity contribution in [2.75, 3.05) is 13.2 Å². The molecule has 70 heavy (non-hydrogen) atoms. The smallest absolute Gasteiger partial charge is 2.00 e. The SMILES string of the molecule is O=C1c2ccccc2C(=O)N1C1(c2ccc(Br)cc2)CC(O)(C2CC2)C1.O=C1c2ccccc2C(=O)N1C1(c2ccc(Br)cc2)CC2(C1)OCCO2.[Br-].[CH-]1CC1.[CH2-]CC.[CH2-]CC.[I][V]([I])[I].[I][V][I].[Mg+2]. The Hall–Kier alpha value is 2.07. The van der Waals surface area contributed by atoms with E-state index in [4.69, 9.17) is 9.47 Å². The van der Waals surface area contributed by atoms with Crippen LogP contribution in [0.1, 0.15) is 131 Å². The van der Waals surface area contributed by atoms with E-state index in [1.807, 2.05) is 62.4 Å². The van der Waals surface area contributed by atoms with Crippen molar-refractivity contribution in [3.63, 3.8) is 0 Å². The van der Waals surface area contributed by atoms with Crippen molar-refractivity contribution >= 4 is 178 Å². The molecule has 0 aromatic heterocycles. The van der Waals surface area contributed by atoms with E-state index in [0.717, 1.165) is 45.8 Å². The molecule has 1 spiro atoms. The van der Waals surface area contributed by atoms with E-state index in [9.17, 15) is 24.3 Å². The second kappa shape index (κ2) is 31.0. The van der Waals surface area contributed by atoms with Crippen LogP contribution in [0.2, 0.25) is 0 Å². The fraction of sp³-hybridized carbons (Fsp3) is 0.380. The van der Waals surface area contributed by atoms with Crippen LogP contribution in [0, 0.1) is 26.2 Å². The van der Waals surface area contributed by atoms with Gasteiger partial charge in [0.1, 0.15) is 0 Å². The van der Waals surface area contributed by atoms with Crippen LogP contribution < -0.4 is 17.0 Å². The molecule has 4 aliphatic carbocycles. The number of nitrogens with zero attached hydrogens (tertiary/aromatic N) is 2. The summed E-state index contributed by atoms with van der Waals surface area (Å²) in [5, 5.41) is 11.0. The summed E-state index contributed by atoms with van der Waals surface area (Å²) in [6.07, 6.45) is 10.8. The number of imide groups is 2. The summed E-state index contributed by atoms with van der Waals surface area (Å²) < 4.78 is 13.5. The van der Waals surface area contributed by atoms with E-state index >= 15 is 0 Å². The molecule has 5 fully saturated rings. The Morgan fingerprint density at radius 1 is 0.657 bits per heavy atom. The van der Waals surface area contributed by atoms with Gasteiger partial charge in [-0.3, -0.25) is 29.0 Å². The number of carbonyl (C=O) groups excluding carboxylic acids is 4. The van der Waals surface area contributed by atoms with Gasteiger partial charge in [-0.05, 0) is 78.4 Å². The molecule has 1 saturated heterocycles. The average molecular weight is 1790 g/mol. The van der Waals surface area contributed by atoms with Crippen LogP contribution in [-0.4, -0.2) is 86.2 Å². The third-order valence-corrected chi connectivity index (χ3v) is 13.0. The Labute approximate surface area is 524 Å². The van der Waals surface area contributed by atoms with Gasteiger partial charge in [-0.15, -0.1) is 0 Å². The number of amides is 4. The van der Waals surface area contributed by atoms with Crippen LogP contribution in [0.3, 0.4) is 0 Å². The molecular formula is C50H53Br3I5MgN2O7V2-2. The number of hydrogen-bond acceptors (Lipinski definition) is 7. The first-order chi connectivity index (χ1) is 32.5. The maximum atomic E-state index is 13.1. The summed E-state index contributed by atoms with van der Waals surface area (Å²) in [4.78, 5) is 54.9. The van der Waals surface area contributed by atoms with Gasteiger partial charge in [0.05, 0.1) is 52.1 Å². The van der Waals surface area contributed by atoms with Gasteiger partial charge in [-0.1, -0.05) is 94.2 Å². The molecule has 11 rings (SSSR count). The van der Waals surface area contributed by atoms with Crippen molar-refractivity contribution in [1.82, 2.24) is 9.80 Å².